The highest BCUT2D eigenvalue weighted by molar-refractivity contribution is 7.21. The van der Waals surface area contributed by atoms with E-state index in [4.69, 9.17) is 19.4 Å². The third-order valence-electron chi connectivity index (χ3n) is 6.23. The molecule has 0 saturated heterocycles. The zero-order chi connectivity index (χ0) is 23.2. The van der Waals surface area contributed by atoms with E-state index in [2.05, 4.69) is 68.1 Å². The first kappa shape index (κ1) is 20.8. The number of hydrogen-bond donors (Lipinski definition) is 0. The number of nitrogens with zero attached hydrogens (tertiary/aromatic N) is 4. The minimum atomic E-state index is 0.721. The second-order valence-corrected chi connectivity index (χ2v) is 9.41. The van der Waals surface area contributed by atoms with Gasteiger partial charge in [-0.05, 0) is 50.6 Å². The SMILES string of the molecule is CCN(CC)c1ccc2nc3c4ccccc4c(=Nc4nc5ccc(C)cc5s4)cc-3oc2c1. The fourth-order valence-electron chi connectivity index (χ4n) is 4.47. The van der Waals surface area contributed by atoms with Crippen LogP contribution in [0.25, 0.3) is 43.5 Å². The van der Waals surface area contributed by atoms with Crippen molar-refractivity contribution in [3.05, 3.63) is 77.7 Å². The third-order valence-corrected chi connectivity index (χ3v) is 7.14. The predicted octanol–water partition coefficient (Wildman–Crippen LogP) is 7.08. The van der Waals surface area contributed by atoms with Crippen LogP contribution in [-0.4, -0.2) is 23.1 Å². The molecule has 0 amide bonds. The van der Waals surface area contributed by atoms with Crippen LogP contribution in [-0.2, 0) is 0 Å². The van der Waals surface area contributed by atoms with Crippen LogP contribution in [0.15, 0.2) is 76.1 Å². The summed E-state index contributed by atoms with van der Waals surface area (Å²) >= 11 is 1.60. The molecule has 0 bridgehead atoms. The molecule has 6 heteroatoms. The summed E-state index contributed by atoms with van der Waals surface area (Å²) < 4.78 is 7.56. The molecule has 168 valence electrons. The van der Waals surface area contributed by atoms with Crippen LogP contribution in [0.4, 0.5) is 10.8 Å². The molecule has 0 atom stereocenters. The number of rotatable bonds is 4. The van der Waals surface area contributed by atoms with Crippen molar-refractivity contribution >= 4 is 54.2 Å². The van der Waals surface area contributed by atoms with Crippen LogP contribution in [0.1, 0.15) is 19.4 Å². The fraction of sp³-hybridized carbons (Fsp3) is 0.179. The lowest BCUT2D eigenvalue weighted by Gasteiger charge is -2.21. The Morgan fingerprint density at radius 1 is 0.882 bits per heavy atom. The fourth-order valence-corrected chi connectivity index (χ4v) is 5.42. The van der Waals surface area contributed by atoms with Crippen LogP contribution in [0.5, 0.6) is 0 Å². The zero-order valence-corrected chi connectivity index (χ0v) is 20.2. The maximum Gasteiger partial charge on any atom is 0.210 e. The predicted molar refractivity (Wildman–Crippen MR) is 141 cm³/mol. The maximum absolute atomic E-state index is 6.42. The van der Waals surface area contributed by atoms with Gasteiger partial charge in [0.05, 0.1) is 15.6 Å². The number of thiazole rings is 1. The van der Waals surface area contributed by atoms with E-state index in [1.54, 1.807) is 11.3 Å². The summed E-state index contributed by atoms with van der Waals surface area (Å²) in [5.74, 6) is 0.721. The number of hydrogen-bond acceptors (Lipinski definition) is 6. The van der Waals surface area contributed by atoms with Crippen molar-refractivity contribution in [1.29, 1.82) is 0 Å². The molecular weight excluding hydrogens is 440 g/mol. The van der Waals surface area contributed by atoms with Gasteiger partial charge in [0.25, 0.3) is 0 Å². The summed E-state index contributed by atoms with van der Waals surface area (Å²) in [5.41, 5.74) is 5.80. The van der Waals surface area contributed by atoms with Gasteiger partial charge in [-0.25, -0.2) is 15.0 Å². The first-order valence-electron chi connectivity index (χ1n) is 11.6. The molecule has 0 unspecified atom stereocenters. The molecular formula is C28H24N4OS. The van der Waals surface area contributed by atoms with Crippen molar-refractivity contribution in [2.45, 2.75) is 20.8 Å². The van der Waals surface area contributed by atoms with Gasteiger partial charge >= 0.3 is 0 Å². The Morgan fingerprint density at radius 3 is 2.50 bits per heavy atom. The molecule has 1 aliphatic carbocycles. The quantitative estimate of drug-likeness (QED) is 0.207. The summed E-state index contributed by atoms with van der Waals surface area (Å²) in [5, 5.41) is 3.63. The molecule has 1 aliphatic heterocycles. The van der Waals surface area contributed by atoms with Crippen molar-refractivity contribution < 1.29 is 4.42 Å². The Kier molecular flexibility index (Phi) is 5.03. The lowest BCUT2D eigenvalue weighted by atomic mass is 10.0. The Morgan fingerprint density at radius 2 is 1.68 bits per heavy atom. The van der Waals surface area contributed by atoms with E-state index in [-0.39, 0.29) is 0 Å². The van der Waals surface area contributed by atoms with Gasteiger partial charge in [-0.1, -0.05) is 41.7 Å². The highest BCUT2D eigenvalue weighted by atomic mass is 32.1. The van der Waals surface area contributed by atoms with Crippen LogP contribution < -0.4 is 10.3 Å². The van der Waals surface area contributed by atoms with Crippen molar-refractivity contribution in [3.8, 4) is 11.5 Å². The standard InChI is InChI=1S/C28H24N4OS/c1-4-32(5-2)18-11-13-21-24(15-18)33-25-16-23(19-8-6-7-9-20(19)27(25)29-21)31-28-30-22-12-10-17(3)14-26(22)34-28/h6-16H,4-5H2,1-3H3. The summed E-state index contributed by atoms with van der Waals surface area (Å²) in [7, 11) is 0. The van der Waals surface area contributed by atoms with E-state index in [0.29, 0.717) is 0 Å². The molecule has 0 radical (unpaired) electrons. The van der Waals surface area contributed by atoms with Crippen molar-refractivity contribution in [2.24, 2.45) is 4.99 Å². The number of fused-ring (bicyclic) bond motifs is 5. The zero-order valence-electron chi connectivity index (χ0n) is 19.4. The molecule has 0 fully saturated rings. The maximum atomic E-state index is 6.42. The van der Waals surface area contributed by atoms with Crippen LogP contribution in [0.3, 0.4) is 0 Å². The first-order chi connectivity index (χ1) is 16.6. The second-order valence-electron chi connectivity index (χ2n) is 8.41. The van der Waals surface area contributed by atoms with Gasteiger partial charge < -0.3 is 9.32 Å². The van der Waals surface area contributed by atoms with E-state index in [1.165, 1.54) is 5.56 Å². The van der Waals surface area contributed by atoms with Crippen LogP contribution in [0, 0.1) is 6.92 Å². The minimum absolute atomic E-state index is 0.721. The van der Waals surface area contributed by atoms with E-state index < -0.39 is 0 Å². The van der Waals surface area contributed by atoms with Gasteiger partial charge in [0.1, 0.15) is 11.2 Å². The van der Waals surface area contributed by atoms with E-state index in [1.807, 2.05) is 24.3 Å². The molecule has 3 aromatic carbocycles. The Balaban J connectivity index is 1.60. The van der Waals surface area contributed by atoms with E-state index >= 15 is 0 Å². The van der Waals surface area contributed by atoms with E-state index in [9.17, 15) is 0 Å². The smallest absolute Gasteiger partial charge is 0.210 e. The molecule has 5 nitrogen and oxygen atoms in total. The van der Waals surface area contributed by atoms with Gasteiger partial charge in [0.15, 0.2) is 11.3 Å². The summed E-state index contributed by atoms with van der Waals surface area (Å²) in [4.78, 5) is 17.0. The number of benzene rings is 4. The van der Waals surface area contributed by atoms with Crippen molar-refractivity contribution in [3.63, 3.8) is 0 Å². The number of anilines is 1. The van der Waals surface area contributed by atoms with Gasteiger partial charge in [-0.2, -0.15) is 0 Å². The summed E-state index contributed by atoms with van der Waals surface area (Å²) in [6.45, 7) is 8.30. The molecule has 0 saturated carbocycles. The van der Waals surface area contributed by atoms with E-state index in [0.717, 1.165) is 72.8 Å². The van der Waals surface area contributed by atoms with Crippen molar-refractivity contribution in [1.82, 2.24) is 9.97 Å². The normalized spacial score (nSPS) is 12.4. The molecule has 34 heavy (non-hydrogen) atoms. The molecule has 4 aromatic rings. The molecule has 2 heterocycles. The van der Waals surface area contributed by atoms with Gasteiger partial charge in [0, 0.05) is 41.7 Å². The highest BCUT2D eigenvalue weighted by Gasteiger charge is 2.16. The monoisotopic (exact) mass is 464 g/mol. The third kappa shape index (κ3) is 3.51. The van der Waals surface area contributed by atoms with Crippen LogP contribution >= 0.6 is 11.3 Å². The number of aryl methyl sites for hydroxylation is 1. The average molecular weight is 465 g/mol. The Hall–Kier alpha value is -3.77. The first-order valence-corrected chi connectivity index (χ1v) is 12.4. The largest absolute Gasteiger partial charge is 0.453 e. The average Bonchev–Trinajstić information content (AvgIpc) is 3.25. The van der Waals surface area contributed by atoms with Gasteiger partial charge in [-0.3, -0.25) is 0 Å². The minimum Gasteiger partial charge on any atom is -0.453 e. The molecule has 0 spiro atoms. The van der Waals surface area contributed by atoms with Crippen molar-refractivity contribution in [2.75, 3.05) is 18.0 Å². The van der Waals surface area contributed by atoms with Crippen LogP contribution in [0.2, 0.25) is 0 Å². The second kappa shape index (κ2) is 8.22. The summed E-state index contributed by atoms with van der Waals surface area (Å²) in [6, 6.07) is 22.7. The summed E-state index contributed by atoms with van der Waals surface area (Å²) in [6.07, 6.45) is 0. The lowest BCUT2D eigenvalue weighted by Crippen LogP contribution is -2.21. The highest BCUT2D eigenvalue weighted by Crippen LogP contribution is 2.33. The molecule has 0 N–H and O–H groups in total. The lowest BCUT2D eigenvalue weighted by molar-refractivity contribution is 0.613. The molecule has 2 aliphatic rings. The Labute approximate surface area is 201 Å². The topological polar surface area (TPSA) is 54.5 Å². The Bertz CT molecular complexity index is 1710. The van der Waals surface area contributed by atoms with Gasteiger partial charge in [0.2, 0.25) is 5.13 Å². The molecule has 1 aromatic heterocycles. The van der Waals surface area contributed by atoms with Gasteiger partial charge in [-0.15, -0.1) is 0 Å². The number of aromatic nitrogens is 2. The molecule has 6 rings (SSSR count).